The standard InChI is InChI=1S/C16H27NO2/c1-16(17(2)3,9-14(18)19)15-12-5-10-4-11(7-12)8-13(15)6-10/h10-13,15H,4-9H2,1-3H3,(H,18,19). The molecule has 4 aliphatic rings. The molecular formula is C16H27NO2. The van der Waals surface area contributed by atoms with Gasteiger partial charge in [-0.2, -0.15) is 0 Å². The molecule has 4 aliphatic carbocycles. The highest BCUT2D eigenvalue weighted by atomic mass is 16.4. The van der Waals surface area contributed by atoms with Crippen LogP contribution in [0.2, 0.25) is 0 Å². The molecule has 0 aromatic heterocycles. The predicted octanol–water partition coefficient (Wildman–Crippen LogP) is 2.85. The lowest BCUT2D eigenvalue weighted by molar-refractivity contribution is -0.147. The Hall–Kier alpha value is -0.570. The molecule has 4 fully saturated rings. The van der Waals surface area contributed by atoms with Gasteiger partial charge in [0, 0.05) is 5.54 Å². The molecule has 19 heavy (non-hydrogen) atoms. The highest BCUT2D eigenvalue weighted by Gasteiger charge is 2.55. The molecule has 4 bridgehead atoms. The highest BCUT2D eigenvalue weighted by molar-refractivity contribution is 5.68. The molecule has 4 rings (SSSR count). The van der Waals surface area contributed by atoms with Crippen molar-refractivity contribution < 1.29 is 9.90 Å². The van der Waals surface area contributed by atoms with Crippen LogP contribution in [0.15, 0.2) is 0 Å². The van der Waals surface area contributed by atoms with Crippen molar-refractivity contribution >= 4 is 5.97 Å². The van der Waals surface area contributed by atoms with Crippen molar-refractivity contribution in [1.82, 2.24) is 4.90 Å². The van der Waals surface area contributed by atoms with Crippen LogP contribution in [-0.2, 0) is 4.79 Å². The zero-order valence-corrected chi connectivity index (χ0v) is 12.4. The van der Waals surface area contributed by atoms with Crippen LogP contribution in [0.1, 0.15) is 45.4 Å². The van der Waals surface area contributed by atoms with E-state index < -0.39 is 5.97 Å². The number of carbonyl (C=O) groups is 1. The molecule has 3 heteroatoms. The van der Waals surface area contributed by atoms with E-state index in [-0.39, 0.29) is 12.0 Å². The zero-order valence-electron chi connectivity index (χ0n) is 12.4. The molecule has 0 saturated heterocycles. The lowest BCUT2D eigenvalue weighted by Gasteiger charge is -2.60. The second-order valence-corrected chi connectivity index (χ2v) is 7.78. The van der Waals surface area contributed by atoms with Gasteiger partial charge in [-0.3, -0.25) is 4.79 Å². The number of nitrogens with zero attached hydrogens (tertiary/aromatic N) is 1. The summed E-state index contributed by atoms with van der Waals surface area (Å²) in [4.78, 5) is 13.5. The van der Waals surface area contributed by atoms with Gasteiger partial charge in [0.05, 0.1) is 6.42 Å². The first-order chi connectivity index (χ1) is 8.90. The monoisotopic (exact) mass is 265 g/mol. The first-order valence-corrected chi connectivity index (χ1v) is 7.79. The van der Waals surface area contributed by atoms with Crippen LogP contribution in [0.5, 0.6) is 0 Å². The van der Waals surface area contributed by atoms with Crippen LogP contribution in [-0.4, -0.2) is 35.6 Å². The van der Waals surface area contributed by atoms with Crippen molar-refractivity contribution in [3.05, 3.63) is 0 Å². The van der Waals surface area contributed by atoms with E-state index in [0.717, 1.165) is 23.7 Å². The van der Waals surface area contributed by atoms with Crippen LogP contribution < -0.4 is 0 Å². The van der Waals surface area contributed by atoms with Crippen molar-refractivity contribution in [2.75, 3.05) is 14.1 Å². The maximum Gasteiger partial charge on any atom is 0.305 e. The van der Waals surface area contributed by atoms with Crippen LogP contribution in [0.4, 0.5) is 0 Å². The summed E-state index contributed by atoms with van der Waals surface area (Å²) in [5.41, 5.74) is -0.172. The van der Waals surface area contributed by atoms with Gasteiger partial charge in [0.15, 0.2) is 0 Å². The molecule has 1 atom stereocenters. The van der Waals surface area contributed by atoms with Gasteiger partial charge in [0.1, 0.15) is 0 Å². The Morgan fingerprint density at radius 3 is 1.95 bits per heavy atom. The van der Waals surface area contributed by atoms with Crippen LogP contribution in [0.3, 0.4) is 0 Å². The fourth-order valence-electron chi connectivity index (χ4n) is 5.82. The van der Waals surface area contributed by atoms with Crippen molar-refractivity contribution in [2.24, 2.45) is 29.6 Å². The Morgan fingerprint density at radius 2 is 1.58 bits per heavy atom. The largest absolute Gasteiger partial charge is 0.481 e. The maximum atomic E-state index is 11.3. The maximum absolute atomic E-state index is 11.3. The molecule has 1 N–H and O–H groups in total. The number of hydrogen-bond acceptors (Lipinski definition) is 2. The number of aliphatic carboxylic acids is 1. The number of rotatable bonds is 4. The average molecular weight is 265 g/mol. The van der Waals surface area contributed by atoms with Crippen molar-refractivity contribution in [2.45, 2.75) is 51.0 Å². The molecule has 0 amide bonds. The zero-order chi connectivity index (χ0) is 13.8. The molecule has 4 saturated carbocycles. The normalized spacial score (nSPS) is 43.5. The number of carboxylic acids is 1. The van der Waals surface area contributed by atoms with Gasteiger partial charge in [-0.15, -0.1) is 0 Å². The third kappa shape index (κ3) is 2.10. The van der Waals surface area contributed by atoms with E-state index in [9.17, 15) is 9.90 Å². The summed E-state index contributed by atoms with van der Waals surface area (Å²) in [6.07, 6.45) is 7.19. The second-order valence-electron chi connectivity index (χ2n) is 7.78. The minimum atomic E-state index is -0.648. The smallest absolute Gasteiger partial charge is 0.305 e. The Bertz CT molecular complexity index is 351. The molecule has 0 aliphatic heterocycles. The Morgan fingerprint density at radius 1 is 1.11 bits per heavy atom. The van der Waals surface area contributed by atoms with Gasteiger partial charge >= 0.3 is 5.97 Å². The van der Waals surface area contributed by atoms with Gasteiger partial charge in [-0.25, -0.2) is 0 Å². The van der Waals surface area contributed by atoms with Gasteiger partial charge in [-0.1, -0.05) is 0 Å². The number of hydrogen-bond donors (Lipinski definition) is 1. The molecule has 0 spiro atoms. The third-order valence-electron chi connectivity index (χ3n) is 6.48. The van der Waals surface area contributed by atoms with E-state index in [0.29, 0.717) is 5.92 Å². The van der Waals surface area contributed by atoms with Crippen LogP contribution in [0.25, 0.3) is 0 Å². The fraction of sp³-hybridized carbons (Fsp3) is 0.938. The minimum Gasteiger partial charge on any atom is -0.481 e. The molecule has 108 valence electrons. The molecule has 0 heterocycles. The van der Waals surface area contributed by atoms with Gasteiger partial charge in [0.2, 0.25) is 0 Å². The lowest BCUT2D eigenvalue weighted by Crippen LogP contribution is -2.59. The summed E-state index contributed by atoms with van der Waals surface area (Å²) < 4.78 is 0. The molecular weight excluding hydrogens is 238 g/mol. The second kappa shape index (κ2) is 4.47. The van der Waals surface area contributed by atoms with Gasteiger partial charge in [0.25, 0.3) is 0 Å². The Kier molecular flexibility index (Phi) is 3.16. The van der Waals surface area contributed by atoms with E-state index in [1.54, 1.807) is 0 Å². The number of carboxylic acid groups (broad SMARTS) is 1. The lowest BCUT2D eigenvalue weighted by atomic mass is 9.48. The van der Waals surface area contributed by atoms with Gasteiger partial charge < -0.3 is 10.0 Å². The van der Waals surface area contributed by atoms with Crippen molar-refractivity contribution in [1.29, 1.82) is 0 Å². The summed E-state index contributed by atoms with van der Waals surface area (Å²) in [6, 6.07) is 0. The van der Waals surface area contributed by atoms with Crippen LogP contribution >= 0.6 is 0 Å². The summed E-state index contributed by atoms with van der Waals surface area (Å²) in [5, 5.41) is 9.33. The Balaban J connectivity index is 1.88. The SMILES string of the molecule is CN(C)C(C)(CC(=O)O)C1C2CC3CC(C2)CC1C3. The molecule has 1 unspecified atom stereocenters. The highest BCUT2D eigenvalue weighted by Crippen LogP contribution is 2.60. The molecule has 0 aromatic rings. The predicted molar refractivity (Wildman–Crippen MR) is 74.9 cm³/mol. The van der Waals surface area contributed by atoms with Crippen molar-refractivity contribution in [3.8, 4) is 0 Å². The van der Waals surface area contributed by atoms with E-state index >= 15 is 0 Å². The van der Waals surface area contributed by atoms with E-state index in [1.807, 2.05) is 0 Å². The molecule has 3 nitrogen and oxygen atoms in total. The van der Waals surface area contributed by atoms with Crippen LogP contribution in [0, 0.1) is 29.6 Å². The minimum absolute atomic E-state index is 0.172. The summed E-state index contributed by atoms with van der Waals surface area (Å²) in [7, 11) is 4.13. The fourth-order valence-corrected chi connectivity index (χ4v) is 5.82. The van der Waals surface area contributed by atoms with Gasteiger partial charge in [-0.05, 0) is 82.7 Å². The third-order valence-corrected chi connectivity index (χ3v) is 6.48. The van der Waals surface area contributed by atoms with E-state index in [4.69, 9.17) is 0 Å². The summed E-state index contributed by atoms with van der Waals surface area (Å²) in [5.74, 6) is 3.41. The average Bonchev–Trinajstić information content (AvgIpc) is 2.25. The summed E-state index contributed by atoms with van der Waals surface area (Å²) >= 11 is 0. The Labute approximate surface area is 116 Å². The first-order valence-electron chi connectivity index (χ1n) is 7.79. The van der Waals surface area contributed by atoms with E-state index in [1.165, 1.54) is 32.1 Å². The van der Waals surface area contributed by atoms with Crippen molar-refractivity contribution in [3.63, 3.8) is 0 Å². The molecule has 0 radical (unpaired) electrons. The molecule has 0 aromatic carbocycles. The summed E-state index contributed by atoms with van der Waals surface area (Å²) in [6.45, 7) is 2.19. The topological polar surface area (TPSA) is 40.5 Å². The van der Waals surface area contributed by atoms with E-state index in [2.05, 4.69) is 25.9 Å². The quantitative estimate of drug-likeness (QED) is 0.849. The first kappa shape index (κ1) is 13.4.